The molecule has 0 saturated heterocycles. The summed E-state index contributed by atoms with van der Waals surface area (Å²) in [4.78, 5) is 1.33. The van der Waals surface area contributed by atoms with Gasteiger partial charge in [-0.15, -0.1) is 11.3 Å². The number of hydrogen-bond donors (Lipinski definition) is 1. The first-order chi connectivity index (χ1) is 7.29. The molecule has 0 radical (unpaired) electrons. The third-order valence-corrected chi connectivity index (χ3v) is 3.46. The third-order valence-electron chi connectivity index (χ3n) is 2.32. The van der Waals surface area contributed by atoms with E-state index in [0.29, 0.717) is 6.61 Å². The van der Waals surface area contributed by atoms with Crippen LogP contribution < -0.4 is 5.73 Å². The van der Waals surface area contributed by atoms with E-state index in [-0.39, 0.29) is 6.04 Å². The lowest BCUT2D eigenvalue weighted by Gasteiger charge is -2.07. The van der Waals surface area contributed by atoms with Crippen LogP contribution in [-0.2, 0) is 11.2 Å². The molecule has 0 aliphatic heterocycles. The van der Waals surface area contributed by atoms with Gasteiger partial charge in [-0.05, 0) is 23.9 Å². The molecule has 0 saturated carbocycles. The van der Waals surface area contributed by atoms with Crippen molar-refractivity contribution in [3.05, 3.63) is 35.2 Å². The van der Waals surface area contributed by atoms with Crippen LogP contribution in [0.3, 0.4) is 0 Å². The Hall–Kier alpha value is -0.900. The molecule has 3 heteroatoms. The van der Waals surface area contributed by atoms with E-state index in [9.17, 15) is 0 Å². The Morgan fingerprint density at radius 1 is 1.40 bits per heavy atom. The van der Waals surface area contributed by atoms with Gasteiger partial charge >= 0.3 is 0 Å². The Kier molecular flexibility index (Phi) is 3.36. The zero-order valence-electron chi connectivity index (χ0n) is 8.77. The minimum atomic E-state index is 0.100. The summed E-state index contributed by atoms with van der Waals surface area (Å²) in [5, 5.41) is 1.31. The number of methoxy groups -OCH3 is 1. The van der Waals surface area contributed by atoms with Crippen LogP contribution in [-0.4, -0.2) is 19.8 Å². The molecule has 2 aromatic rings. The zero-order chi connectivity index (χ0) is 10.7. The fourth-order valence-electron chi connectivity index (χ4n) is 1.67. The number of nitrogens with two attached hydrogens (primary N) is 1. The maximum Gasteiger partial charge on any atom is 0.0617 e. The van der Waals surface area contributed by atoms with E-state index in [4.69, 9.17) is 10.5 Å². The summed E-state index contributed by atoms with van der Waals surface area (Å²) in [5.41, 5.74) is 5.92. The predicted molar refractivity (Wildman–Crippen MR) is 65.4 cm³/mol. The normalized spacial score (nSPS) is 13.2. The van der Waals surface area contributed by atoms with Crippen LogP contribution in [0.5, 0.6) is 0 Å². The number of hydrogen-bond acceptors (Lipinski definition) is 3. The molecule has 0 fully saturated rings. The van der Waals surface area contributed by atoms with Gasteiger partial charge < -0.3 is 10.5 Å². The first-order valence-electron chi connectivity index (χ1n) is 5.01. The molecule has 1 atom stereocenters. The average Bonchev–Trinajstić information content (AvgIpc) is 2.59. The molecule has 0 spiro atoms. The molecular formula is C12H15NOS. The maximum atomic E-state index is 5.92. The van der Waals surface area contributed by atoms with Gasteiger partial charge in [-0.1, -0.05) is 18.2 Å². The van der Waals surface area contributed by atoms with Gasteiger partial charge in [0.05, 0.1) is 6.61 Å². The molecule has 1 aromatic carbocycles. The molecule has 2 rings (SSSR count). The van der Waals surface area contributed by atoms with Crippen molar-refractivity contribution in [3.8, 4) is 0 Å². The second kappa shape index (κ2) is 4.75. The predicted octanol–water partition coefficient (Wildman–Crippen LogP) is 2.42. The molecule has 0 aliphatic carbocycles. The topological polar surface area (TPSA) is 35.2 Å². The fourth-order valence-corrected chi connectivity index (χ4v) is 2.83. The van der Waals surface area contributed by atoms with E-state index in [1.807, 2.05) is 11.3 Å². The van der Waals surface area contributed by atoms with Crippen LogP contribution in [0.15, 0.2) is 30.3 Å². The van der Waals surface area contributed by atoms with E-state index in [2.05, 4.69) is 30.3 Å². The van der Waals surface area contributed by atoms with Crippen molar-refractivity contribution in [2.45, 2.75) is 12.5 Å². The number of ether oxygens (including phenoxy) is 1. The quantitative estimate of drug-likeness (QED) is 0.860. The SMILES string of the molecule is COCC(N)Cc1cc2ccccc2s1. The molecule has 0 bridgehead atoms. The Morgan fingerprint density at radius 2 is 2.20 bits per heavy atom. The highest BCUT2D eigenvalue weighted by molar-refractivity contribution is 7.19. The van der Waals surface area contributed by atoms with Crippen LogP contribution in [0.4, 0.5) is 0 Å². The Balaban J connectivity index is 2.15. The van der Waals surface area contributed by atoms with Crippen molar-refractivity contribution in [3.63, 3.8) is 0 Å². The minimum absolute atomic E-state index is 0.100. The maximum absolute atomic E-state index is 5.92. The molecule has 1 unspecified atom stereocenters. The molecule has 0 amide bonds. The number of benzene rings is 1. The standard InChI is InChI=1S/C12H15NOS/c1-14-8-10(13)7-11-6-9-4-2-3-5-12(9)15-11/h2-6,10H,7-8,13H2,1H3. The number of fused-ring (bicyclic) bond motifs is 1. The lowest BCUT2D eigenvalue weighted by Crippen LogP contribution is -2.27. The zero-order valence-corrected chi connectivity index (χ0v) is 9.59. The van der Waals surface area contributed by atoms with Gasteiger partial charge in [0, 0.05) is 22.7 Å². The van der Waals surface area contributed by atoms with Crippen LogP contribution in [0.25, 0.3) is 10.1 Å². The third kappa shape index (κ3) is 2.56. The van der Waals surface area contributed by atoms with Crippen molar-refractivity contribution in [2.75, 3.05) is 13.7 Å². The average molecular weight is 221 g/mol. The number of rotatable bonds is 4. The van der Waals surface area contributed by atoms with Crippen LogP contribution in [0.1, 0.15) is 4.88 Å². The van der Waals surface area contributed by atoms with Gasteiger partial charge in [-0.25, -0.2) is 0 Å². The van der Waals surface area contributed by atoms with E-state index >= 15 is 0 Å². The van der Waals surface area contributed by atoms with Crippen LogP contribution in [0.2, 0.25) is 0 Å². The van der Waals surface area contributed by atoms with E-state index < -0.39 is 0 Å². The summed E-state index contributed by atoms with van der Waals surface area (Å²) in [5.74, 6) is 0. The highest BCUT2D eigenvalue weighted by Crippen LogP contribution is 2.25. The molecule has 15 heavy (non-hydrogen) atoms. The second-order valence-corrected chi connectivity index (χ2v) is 4.84. The molecule has 1 aromatic heterocycles. The second-order valence-electron chi connectivity index (χ2n) is 3.67. The van der Waals surface area contributed by atoms with Gasteiger partial charge in [0.1, 0.15) is 0 Å². The van der Waals surface area contributed by atoms with Gasteiger partial charge in [0.25, 0.3) is 0 Å². The molecule has 2 nitrogen and oxygen atoms in total. The van der Waals surface area contributed by atoms with Crippen molar-refractivity contribution < 1.29 is 4.74 Å². The van der Waals surface area contributed by atoms with Gasteiger partial charge in [-0.2, -0.15) is 0 Å². The Morgan fingerprint density at radius 3 is 2.93 bits per heavy atom. The molecule has 80 valence electrons. The molecule has 2 N–H and O–H groups in total. The van der Waals surface area contributed by atoms with Gasteiger partial charge in [0.2, 0.25) is 0 Å². The van der Waals surface area contributed by atoms with E-state index in [1.165, 1.54) is 15.0 Å². The molecular weight excluding hydrogens is 206 g/mol. The van der Waals surface area contributed by atoms with E-state index in [1.54, 1.807) is 7.11 Å². The monoisotopic (exact) mass is 221 g/mol. The van der Waals surface area contributed by atoms with Crippen molar-refractivity contribution in [2.24, 2.45) is 5.73 Å². The Bertz CT molecular complexity index is 405. The Labute approximate surface area is 93.7 Å². The van der Waals surface area contributed by atoms with E-state index in [0.717, 1.165) is 6.42 Å². The highest BCUT2D eigenvalue weighted by atomic mass is 32.1. The summed E-state index contributed by atoms with van der Waals surface area (Å²) in [6.45, 7) is 0.619. The summed E-state index contributed by atoms with van der Waals surface area (Å²) >= 11 is 1.82. The van der Waals surface area contributed by atoms with Crippen molar-refractivity contribution in [1.82, 2.24) is 0 Å². The smallest absolute Gasteiger partial charge is 0.0617 e. The largest absolute Gasteiger partial charge is 0.383 e. The van der Waals surface area contributed by atoms with Gasteiger partial charge in [0.15, 0.2) is 0 Å². The summed E-state index contributed by atoms with van der Waals surface area (Å²) < 4.78 is 6.36. The highest BCUT2D eigenvalue weighted by Gasteiger charge is 2.06. The fraction of sp³-hybridized carbons (Fsp3) is 0.333. The lowest BCUT2D eigenvalue weighted by atomic mass is 10.2. The van der Waals surface area contributed by atoms with Crippen molar-refractivity contribution in [1.29, 1.82) is 0 Å². The minimum Gasteiger partial charge on any atom is -0.383 e. The summed E-state index contributed by atoms with van der Waals surface area (Å²) in [6, 6.07) is 10.7. The first-order valence-corrected chi connectivity index (χ1v) is 5.83. The van der Waals surface area contributed by atoms with Crippen LogP contribution >= 0.6 is 11.3 Å². The summed E-state index contributed by atoms with van der Waals surface area (Å²) in [7, 11) is 1.69. The summed E-state index contributed by atoms with van der Waals surface area (Å²) in [6.07, 6.45) is 0.896. The van der Waals surface area contributed by atoms with Crippen LogP contribution in [0, 0.1) is 0 Å². The molecule has 1 heterocycles. The molecule has 0 aliphatic rings. The van der Waals surface area contributed by atoms with Crippen molar-refractivity contribution >= 4 is 21.4 Å². The lowest BCUT2D eigenvalue weighted by molar-refractivity contribution is 0.180. The van der Waals surface area contributed by atoms with Gasteiger partial charge in [-0.3, -0.25) is 0 Å². The first kappa shape index (κ1) is 10.6. The number of thiophene rings is 1.